The van der Waals surface area contributed by atoms with Gasteiger partial charge in [-0.25, -0.2) is 4.98 Å². The molecule has 1 N–H and O–H groups in total. The van der Waals surface area contributed by atoms with E-state index in [1.165, 1.54) is 0 Å². The number of hydrogen-bond acceptors (Lipinski definition) is 2. The van der Waals surface area contributed by atoms with Gasteiger partial charge in [0, 0.05) is 24.5 Å². The van der Waals surface area contributed by atoms with E-state index in [9.17, 15) is 4.79 Å². The molecule has 0 aliphatic heterocycles. The molecule has 13 heavy (non-hydrogen) atoms. The van der Waals surface area contributed by atoms with Crippen LogP contribution in [0.25, 0.3) is 0 Å². The van der Waals surface area contributed by atoms with Crippen molar-refractivity contribution in [2.75, 3.05) is 0 Å². The smallest absolute Gasteiger partial charge is 0.139 e. The van der Waals surface area contributed by atoms with E-state index in [2.05, 4.69) is 23.8 Å². The van der Waals surface area contributed by atoms with Crippen LogP contribution in [0.1, 0.15) is 43.4 Å². The highest BCUT2D eigenvalue weighted by molar-refractivity contribution is 5.82. The lowest BCUT2D eigenvalue weighted by molar-refractivity contribution is -0.118. The van der Waals surface area contributed by atoms with Crippen LogP contribution in [0.2, 0.25) is 0 Å². The molecule has 0 unspecified atom stereocenters. The summed E-state index contributed by atoms with van der Waals surface area (Å²) in [6, 6.07) is 0. The first-order valence-electron chi connectivity index (χ1n) is 4.76. The Balaban J connectivity index is 2.33. The minimum Gasteiger partial charge on any atom is -0.345 e. The number of aryl methyl sites for hydroxylation is 1. The summed E-state index contributed by atoms with van der Waals surface area (Å²) in [7, 11) is 0. The first kappa shape index (κ1) is 8.48. The molecule has 1 aromatic rings. The average molecular weight is 178 g/mol. The predicted octanol–water partition coefficient (Wildman–Crippen LogP) is 1.59. The summed E-state index contributed by atoms with van der Waals surface area (Å²) >= 11 is 0. The molecule has 0 bridgehead atoms. The summed E-state index contributed by atoms with van der Waals surface area (Å²) in [6.07, 6.45) is 2.03. The zero-order valence-corrected chi connectivity index (χ0v) is 8.05. The second-order valence-electron chi connectivity index (χ2n) is 3.92. The second kappa shape index (κ2) is 2.98. The summed E-state index contributed by atoms with van der Waals surface area (Å²) in [4.78, 5) is 18.9. The molecule has 1 aliphatic carbocycles. The first-order chi connectivity index (χ1) is 6.16. The van der Waals surface area contributed by atoms with Crippen molar-refractivity contribution in [3.63, 3.8) is 0 Å². The summed E-state index contributed by atoms with van der Waals surface area (Å²) < 4.78 is 0. The van der Waals surface area contributed by atoms with Gasteiger partial charge in [0.2, 0.25) is 0 Å². The van der Waals surface area contributed by atoms with Gasteiger partial charge in [0.1, 0.15) is 11.6 Å². The third kappa shape index (κ3) is 1.50. The third-order valence-corrected chi connectivity index (χ3v) is 2.44. The van der Waals surface area contributed by atoms with E-state index in [0.717, 1.165) is 23.6 Å². The molecule has 0 fully saturated rings. The fourth-order valence-electron chi connectivity index (χ4n) is 1.64. The van der Waals surface area contributed by atoms with Gasteiger partial charge in [0.25, 0.3) is 0 Å². The number of aromatic nitrogens is 2. The van der Waals surface area contributed by atoms with Gasteiger partial charge in [-0.15, -0.1) is 0 Å². The van der Waals surface area contributed by atoms with Crippen molar-refractivity contribution in [1.82, 2.24) is 9.97 Å². The maximum absolute atomic E-state index is 11.2. The molecule has 1 heterocycles. The van der Waals surface area contributed by atoms with E-state index in [1.54, 1.807) is 0 Å². The van der Waals surface area contributed by atoms with Crippen LogP contribution in [0.15, 0.2) is 0 Å². The molecule has 0 amide bonds. The molecule has 0 radical (unpaired) electrons. The van der Waals surface area contributed by atoms with Crippen LogP contribution in [0.4, 0.5) is 0 Å². The summed E-state index contributed by atoms with van der Waals surface area (Å²) in [5, 5.41) is 0. The zero-order valence-electron chi connectivity index (χ0n) is 8.05. The fourth-order valence-corrected chi connectivity index (χ4v) is 1.64. The standard InChI is InChI=1S/C10H14N2O/c1-6(2)10-11-8-4-3-7(13)5-9(8)12-10/h6H,3-5H2,1-2H3,(H,11,12). The van der Waals surface area contributed by atoms with Gasteiger partial charge >= 0.3 is 0 Å². The molecule has 0 saturated carbocycles. The van der Waals surface area contributed by atoms with E-state index in [1.807, 2.05) is 0 Å². The number of carbonyl (C=O) groups excluding carboxylic acids is 1. The Morgan fingerprint density at radius 2 is 2.15 bits per heavy atom. The number of fused-ring (bicyclic) bond motifs is 1. The van der Waals surface area contributed by atoms with Gasteiger partial charge in [-0.3, -0.25) is 4.79 Å². The van der Waals surface area contributed by atoms with Crippen molar-refractivity contribution >= 4 is 5.78 Å². The minimum absolute atomic E-state index is 0.325. The average Bonchev–Trinajstić information content (AvgIpc) is 2.46. The predicted molar refractivity (Wildman–Crippen MR) is 49.7 cm³/mol. The molecular weight excluding hydrogens is 164 g/mol. The molecule has 3 nitrogen and oxygen atoms in total. The van der Waals surface area contributed by atoms with Crippen LogP contribution in [0, 0.1) is 0 Å². The topological polar surface area (TPSA) is 45.8 Å². The van der Waals surface area contributed by atoms with Crippen molar-refractivity contribution in [2.45, 2.75) is 39.0 Å². The van der Waals surface area contributed by atoms with Gasteiger partial charge in [-0.1, -0.05) is 13.8 Å². The summed E-state index contributed by atoms with van der Waals surface area (Å²) in [5.74, 6) is 1.76. The molecular formula is C10H14N2O. The minimum atomic E-state index is 0.325. The number of ketones is 1. The summed E-state index contributed by atoms with van der Waals surface area (Å²) in [6.45, 7) is 4.21. The Bertz CT molecular complexity index is 339. The maximum atomic E-state index is 11.2. The van der Waals surface area contributed by atoms with E-state index >= 15 is 0 Å². The van der Waals surface area contributed by atoms with Crippen molar-refractivity contribution < 1.29 is 4.79 Å². The Labute approximate surface area is 77.6 Å². The molecule has 0 aromatic carbocycles. The van der Waals surface area contributed by atoms with Crippen LogP contribution in [0.3, 0.4) is 0 Å². The fraction of sp³-hybridized carbons (Fsp3) is 0.600. The Morgan fingerprint density at radius 3 is 2.85 bits per heavy atom. The lowest BCUT2D eigenvalue weighted by Crippen LogP contribution is -2.12. The van der Waals surface area contributed by atoms with Crippen LogP contribution in [0.5, 0.6) is 0 Å². The molecule has 1 aromatic heterocycles. The molecule has 0 spiro atoms. The summed E-state index contributed by atoms with van der Waals surface area (Å²) in [5.41, 5.74) is 2.14. The monoisotopic (exact) mass is 178 g/mol. The maximum Gasteiger partial charge on any atom is 0.139 e. The van der Waals surface area contributed by atoms with Crippen LogP contribution < -0.4 is 0 Å². The number of nitrogens with one attached hydrogen (secondary N) is 1. The third-order valence-electron chi connectivity index (χ3n) is 2.44. The normalized spacial score (nSPS) is 16.4. The lowest BCUT2D eigenvalue weighted by atomic mass is 10.0. The molecule has 3 heteroatoms. The molecule has 1 aliphatic rings. The number of Topliss-reactive ketones (excluding diaryl/α,β-unsaturated/α-hetero) is 1. The molecule has 0 atom stereocenters. The van der Waals surface area contributed by atoms with Gasteiger partial charge < -0.3 is 4.98 Å². The van der Waals surface area contributed by atoms with Gasteiger partial charge in [0.05, 0.1) is 5.69 Å². The van der Waals surface area contributed by atoms with E-state index in [0.29, 0.717) is 24.5 Å². The second-order valence-corrected chi connectivity index (χ2v) is 3.92. The zero-order chi connectivity index (χ0) is 9.42. The van der Waals surface area contributed by atoms with E-state index < -0.39 is 0 Å². The highest BCUT2D eigenvalue weighted by Gasteiger charge is 2.20. The van der Waals surface area contributed by atoms with Crippen LogP contribution in [-0.4, -0.2) is 15.8 Å². The van der Waals surface area contributed by atoms with Gasteiger partial charge in [-0.2, -0.15) is 0 Å². The quantitative estimate of drug-likeness (QED) is 0.709. The van der Waals surface area contributed by atoms with Crippen molar-refractivity contribution in [2.24, 2.45) is 0 Å². The van der Waals surface area contributed by atoms with E-state index in [4.69, 9.17) is 0 Å². The highest BCUT2D eigenvalue weighted by atomic mass is 16.1. The number of rotatable bonds is 1. The first-order valence-corrected chi connectivity index (χ1v) is 4.76. The van der Waals surface area contributed by atoms with E-state index in [-0.39, 0.29) is 0 Å². The lowest BCUT2D eigenvalue weighted by Gasteiger charge is -2.06. The number of nitrogens with zero attached hydrogens (tertiary/aromatic N) is 1. The van der Waals surface area contributed by atoms with Gasteiger partial charge in [-0.05, 0) is 6.42 Å². The Kier molecular flexibility index (Phi) is 1.94. The van der Waals surface area contributed by atoms with Crippen molar-refractivity contribution in [3.05, 3.63) is 17.2 Å². The molecule has 2 rings (SSSR count). The van der Waals surface area contributed by atoms with Gasteiger partial charge in [0.15, 0.2) is 0 Å². The Hall–Kier alpha value is -1.12. The SMILES string of the molecule is CC(C)c1nc2c([nH]1)CC(=O)CC2. The molecule has 70 valence electrons. The number of aromatic amines is 1. The number of hydrogen-bond donors (Lipinski definition) is 1. The highest BCUT2D eigenvalue weighted by Crippen LogP contribution is 2.19. The number of H-pyrrole nitrogens is 1. The number of imidazole rings is 1. The van der Waals surface area contributed by atoms with Crippen LogP contribution in [-0.2, 0) is 17.6 Å². The Morgan fingerprint density at radius 1 is 1.38 bits per heavy atom. The molecule has 0 saturated heterocycles. The van der Waals surface area contributed by atoms with Crippen molar-refractivity contribution in [3.8, 4) is 0 Å². The number of carbonyl (C=O) groups is 1. The van der Waals surface area contributed by atoms with Crippen LogP contribution >= 0.6 is 0 Å². The largest absolute Gasteiger partial charge is 0.345 e. The van der Waals surface area contributed by atoms with Crippen molar-refractivity contribution in [1.29, 1.82) is 0 Å².